The molecule has 3 aromatic heterocycles. The second kappa shape index (κ2) is 10.8. The first-order chi connectivity index (χ1) is 18.4. The summed E-state index contributed by atoms with van der Waals surface area (Å²) < 4.78 is 32.5. The number of hydrogen-bond acceptors (Lipinski definition) is 7. The molecule has 4 aromatic rings. The van der Waals surface area contributed by atoms with Crippen molar-refractivity contribution in [3.8, 4) is 0 Å². The molecule has 39 heavy (non-hydrogen) atoms. The SMILES string of the molecule is CC(C)(C)OC(=O)Nc1ccc2ccc(CN(C(=O)c3cccnc3)c3cnn(C(F)F)c3C(N)=O)cc2n1. The minimum Gasteiger partial charge on any atom is -0.444 e. The topological polar surface area (TPSA) is 145 Å². The van der Waals surface area contributed by atoms with E-state index >= 15 is 0 Å². The number of halogens is 2. The first-order valence-electron chi connectivity index (χ1n) is 11.7. The van der Waals surface area contributed by atoms with Crippen LogP contribution in [0.15, 0.2) is 61.1 Å². The summed E-state index contributed by atoms with van der Waals surface area (Å²) in [6.07, 6.45) is 3.10. The molecule has 202 valence electrons. The van der Waals surface area contributed by atoms with E-state index in [4.69, 9.17) is 10.5 Å². The van der Waals surface area contributed by atoms with Gasteiger partial charge in [0, 0.05) is 17.8 Å². The van der Waals surface area contributed by atoms with Crippen molar-refractivity contribution in [2.24, 2.45) is 5.73 Å². The molecule has 3 amide bonds. The van der Waals surface area contributed by atoms with Crippen LogP contribution in [-0.2, 0) is 11.3 Å². The second-order valence-corrected chi connectivity index (χ2v) is 9.45. The number of nitrogens with zero attached hydrogens (tertiary/aromatic N) is 5. The van der Waals surface area contributed by atoms with Crippen molar-refractivity contribution in [3.05, 3.63) is 77.9 Å². The van der Waals surface area contributed by atoms with Crippen molar-refractivity contribution in [1.82, 2.24) is 19.7 Å². The number of carbonyl (C=O) groups is 3. The van der Waals surface area contributed by atoms with Crippen LogP contribution in [0.3, 0.4) is 0 Å². The quantitative estimate of drug-likeness (QED) is 0.353. The van der Waals surface area contributed by atoms with Gasteiger partial charge in [-0.25, -0.2) is 9.78 Å². The Bertz CT molecular complexity index is 1530. The van der Waals surface area contributed by atoms with Crippen LogP contribution in [0.25, 0.3) is 10.9 Å². The highest BCUT2D eigenvalue weighted by molar-refractivity contribution is 6.09. The third-order valence-corrected chi connectivity index (χ3v) is 5.37. The average Bonchev–Trinajstić information content (AvgIpc) is 3.32. The van der Waals surface area contributed by atoms with Gasteiger partial charge in [0.05, 0.1) is 29.5 Å². The molecule has 0 aliphatic rings. The number of aromatic nitrogens is 4. The number of pyridine rings is 2. The van der Waals surface area contributed by atoms with Crippen molar-refractivity contribution < 1.29 is 27.9 Å². The zero-order valence-electron chi connectivity index (χ0n) is 21.3. The van der Waals surface area contributed by atoms with Gasteiger partial charge in [0.25, 0.3) is 11.8 Å². The Balaban J connectivity index is 1.72. The van der Waals surface area contributed by atoms with E-state index in [2.05, 4.69) is 20.4 Å². The second-order valence-electron chi connectivity index (χ2n) is 9.45. The molecule has 0 fully saturated rings. The highest BCUT2D eigenvalue weighted by Gasteiger charge is 2.29. The van der Waals surface area contributed by atoms with Crippen LogP contribution in [0.2, 0.25) is 0 Å². The lowest BCUT2D eigenvalue weighted by Crippen LogP contribution is -2.33. The zero-order chi connectivity index (χ0) is 28.3. The number of carbonyl (C=O) groups excluding carboxylic acids is 3. The van der Waals surface area contributed by atoms with E-state index < -0.39 is 35.8 Å². The molecule has 0 bridgehead atoms. The Labute approximate surface area is 221 Å². The fourth-order valence-corrected chi connectivity index (χ4v) is 3.77. The standard InChI is InChI=1S/C26H25F2N7O4/c1-26(2,3)39-25(38)33-20-9-8-16-7-6-15(11-18(16)32-20)14-34(23(37)17-5-4-10-30-12-17)19-13-31-35(24(27)28)21(19)22(29)36/h4-13,24H,14H2,1-3H3,(H2,29,36)(H,32,33,38). The highest BCUT2D eigenvalue weighted by atomic mass is 19.3. The molecule has 11 nitrogen and oxygen atoms in total. The van der Waals surface area contributed by atoms with Gasteiger partial charge in [-0.15, -0.1) is 0 Å². The Morgan fingerprint density at radius 1 is 1.13 bits per heavy atom. The van der Waals surface area contributed by atoms with E-state index in [0.717, 1.165) is 16.5 Å². The third-order valence-electron chi connectivity index (χ3n) is 5.37. The molecule has 0 unspecified atom stereocenters. The Morgan fingerprint density at radius 3 is 2.51 bits per heavy atom. The lowest BCUT2D eigenvalue weighted by molar-refractivity contribution is 0.0517. The van der Waals surface area contributed by atoms with E-state index in [0.29, 0.717) is 11.1 Å². The van der Waals surface area contributed by atoms with E-state index in [9.17, 15) is 23.2 Å². The Hall–Kier alpha value is -4.94. The fraction of sp³-hybridized carbons (Fsp3) is 0.231. The van der Waals surface area contributed by atoms with Gasteiger partial charge < -0.3 is 15.4 Å². The maximum atomic E-state index is 13.5. The summed E-state index contributed by atoms with van der Waals surface area (Å²) in [6, 6.07) is 11.5. The predicted molar refractivity (Wildman–Crippen MR) is 138 cm³/mol. The predicted octanol–water partition coefficient (Wildman–Crippen LogP) is 4.51. The van der Waals surface area contributed by atoms with Gasteiger partial charge in [-0.05, 0) is 56.7 Å². The van der Waals surface area contributed by atoms with Crippen molar-refractivity contribution in [2.75, 3.05) is 10.2 Å². The van der Waals surface area contributed by atoms with Gasteiger partial charge >= 0.3 is 12.6 Å². The van der Waals surface area contributed by atoms with Crippen LogP contribution in [0.1, 0.15) is 53.7 Å². The molecule has 1 aromatic carbocycles. The fourth-order valence-electron chi connectivity index (χ4n) is 3.77. The summed E-state index contributed by atoms with van der Waals surface area (Å²) in [4.78, 5) is 47.3. The van der Waals surface area contributed by atoms with E-state index in [-0.39, 0.29) is 28.3 Å². The Kier molecular flexibility index (Phi) is 7.51. The molecule has 13 heteroatoms. The number of primary amides is 1. The molecule has 0 atom stereocenters. The zero-order valence-corrected chi connectivity index (χ0v) is 21.3. The monoisotopic (exact) mass is 537 g/mol. The molecule has 0 aliphatic heterocycles. The summed E-state index contributed by atoms with van der Waals surface area (Å²) in [7, 11) is 0. The van der Waals surface area contributed by atoms with E-state index in [1.165, 1.54) is 18.5 Å². The van der Waals surface area contributed by atoms with Crippen LogP contribution >= 0.6 is 0 Å². The van der Waals surface area contributed by atoms with Gasteiger partial charge in [0.2, 0.25) is 0 Å². The first-order valence-corrected chi connectivity index (χ1v) is 11.7. The number of ether oxygens (including phenoxy) is 1. The molecule has 0 saturated carbocycles. The number of amides is 3. The number of nitrogens with one attached hydrogen (secondary N) is 1. The summed E-state index contributed by atoms with van der Waals surface area (Å²) >= 11 is 0. The number of fused-ring (bicyclic) bond motifs is 1. The van der Waals surface area contributed by atoms with Crippen LogP contribution in [0, 0.1) is 0 Å². The van der Waals surface area contributed by atoms with E-state index in [1.807, 2.05) is 0 Å². The molecular weight excluding hydrogens is 512 g/mol. The van der Waals surface area contributed by atoms with Crippen LogP contribution in [0.5, 0.6) is 0 Å². The van der Waals surface area contributed by atoms with Crippen molar-refractivity contribution in [3.63, 3.8) is 0 Å². The number of nitrogens with two attached hydrogens (primary N) is 1. The lowest BCUT2D eigenvalue weighted by Gasteiger charge is -2.23. The van der Waals surface area contributed by atoms with Gasteiger partial charge in [-0.2, -0.15) is 18.6 Å². The smallest absolute Gasteiger partial charge is 0.413 e. The summed E-state index contributed by atoms with van der Waals surface area (Å²) in [5.41, 5.74) is 5.07. The minimum absolute atomic E-state index is 0.149. The van der Waals surface area contributed by atoms with Gasteiger partial charge in [0.1, 0.15) is 11.4 Å². The maximum absolute atomic E-state index is 13.5. The molecule has 3 heterocycles. The van der Waals surface area contributed by atoms with Gasteiger partial charge in [-0.1, -0.05) is 12.1 Å². The van der Waals surface area contributed by atoms with Crippen molar-refractivity contribution in [1.29, 1.82) is 0 Å². The largest absolute Gasteiger partial charge is 0.444 e. The highest BCUT2D eigenvalue weighted by Crippen LogP contribution is 2.28. The molecule has 0 radical (unpaired) electrons. The Morgan fingerprint density at radius 2 is 1.87 bits per heavy atom. The van der Waals surface area contributed by atoms with Crippen LogP contribution in [0.4, 0.5) is 25.1 Å². The van der Waals surface area contributed by atoms with Crippen LogP contribution < -0.4 is 16.0 Å². The van der Waals surface area contributed by atoms with Crippen LogP contribution in [-0.4, -0.2) is 43.3 Å². The lowest BCUT2D eigenvalue weighted by atomic mass is 10.1. The molecule has 4 rings (SSSR count). The maximum Gasteiger partial charge on any atom is 0.413 e. The summed E-state index contributed by atoms with van der Waals surface area (Å²) in [5, 5.41) is 6.89. The van der Waals surface area contributed by atoms with Gasteiger partial charge in [-0.3, -0.25) is 19.9 Å². The molecule has 3 N–H and O–H groups in total. The number of benzene rings is 1. The first kappa shape index (κ1) is 27.1. The van der Waals surface area contributed by atoms with Crippen molar-refractivity contribution >= 4 is 40.3 Å². The van der Waals surface area contributed by atoms with E-state index in [1.54, 1.807) is 57.2 Å². The molecule has 0 saturated heterocycles. The molecule has 0 spiro atoms. The van der Waals surface area contributed by atoms with Gasteiger partial charge in [0.15, 0.2) is 5.69 Å². The molecular formula is C26H25F2N7O4. The normalized spacial score (nSPS) is 11.4. The summed E-state index contributed by atoms with van der Waals surface area (Å²) in [5.74, 6) is -1.55. The molecule has 0 aliphatic carbocycles. The minimum atomic E-state index is -3.16. The number of alkyl halides is 2. The third kappa shape index (κ3) is 6.32. The number of rotatable bonds is 7. The summed E-state index contributed by atoms with van der Waals surface area (Å²) in [6.45, 7) is 1.90. The van der Waals surface area contributed by atoms with Crippen molar-refractivity contribution in [2.45, 2.75) is 39.5 Å². The average molecular weight is 538 g/mol. The number of anilines is 2. The number of hydrogen-bond donors (Lipinski definition) is 2.